The summed E-state index contributed by atoms with van der Waals surface area (Å²) in [7, 11) is 0. The predicted octanol–water partition coefficient (Wildman–Crippen LogP) is 1.34. The molecule has 3 heteroatoms. The van der Waals surface area contributed by atoms with E-state index in [4.69, 9.17) is 5.26 Å². The highest BCUT2D eigenvalue weighted by Crippen LogP contribution is 2.30. The maximum Gasteiger partial charge on any atom is 0.119 e. The van der Waals surface area contributed by atoms with Crippen LogP contribution in [0.2, 0.25) is 0 Å². The van der Waals surface area contributed by atoms with Crippen molar-refractivity contribution in [2.24, 2.45) is 0 Å². The molecule has 14 heavy (non-hydrogen) atoms. The average molecular weight is 188 g/mol. The third kappa shape index (κ3) is 1.57. The molecular weight excluding hydrogens is 176 g/mol. The SMILES string of the molecule is N#Cc1ccc(O)c([C@H]2CCNC2)c1. The van der Waals surface area contributed by atoms with Gasteiger partial charge in [0.15, 0.2) is 0 Å². The van der Waals surface area contributed by atoms with Gasteiger partial charge in [-0.2, -0.15) is 5.26 Å². The molecule has 1 atom stereocenters. The number of phenols is 1. The quantitative estimate of drug-likeness (QED) is 0.699. The Labute approximate surface area is 83.0 Å². The second kappa shape index (κ2) is 3.69. The van der Waals surface area contributed by atoms with Gasteiger partial charge in [-0.1, -0.05) is 0 Å². The van der Waals surface area contributed by atoms with Crippen LogP contribution in [0.15, 0.2) is 18.2 Å². The van der Waals surface area contributed by atoms with Gasteiger partial charge >= 0.3 is 0 Å². The summed E-state index contributed by atoms with van der Waals surface area (Å²) in [5.41, 5.74) is 1.51. The van der Waals surface area contributed by atoms with Crippen molar-refractivity contribution in [3.8, 4) is 11.8 Å². The van der Waals surface area contributed by atoms with Crippen LogP contribution in [0.1, 0.15) is 23.5 Å². The summed E-state index contributed by atoms with van der Waals surface area (Å²) in [5.74, 6) is 0.654. The molecule has 0 radical (unpaired) electrons. The van der Waals surface area contributed by atoms with Gasteiger partial charge in [-0.05, 0) is 36.7 Å². The van der Waals surface area contributed by atoms with Crippen LogP contribution >= 0.6 is 0 Å². The number of nitrogens with one attached hydrogen (secondary N) is 1. The maximum absolute atomic E-state index is 9.65. The van der Waals surface area contributed by atoms with E-state index in [-0.39, 0.29) is 0 Å². The van der Waals surface area contributed by atoms with Crippen molar-refractivity contribution in [2.75, 3.05) is 13.1 Å². The first-order valence-corrected chi connectivity index (χ1v) is 4.75. The first-order valence-electron chi connectivity index (χ1n) is 4.75. The van der Waals surface area contributed by atoms with Crippen LogP contribution < -0.4 is 5.32 Å². The molecule has 0 aliphatic carbocycles. The van der Waals surface area contributed by atoms with E-state index in [1.54, 1.807) is 18.2 Å². The molecule has 1 aromatic carbocycles. The lowest BCUT2D eigenvalue weighted by Crippen LogP contribution is -2.08. The number of rotatable bonds is 1. The molecule has 0 saturated carbocycles. The zero-order chi connectivity index (χ0) is 9.97. The van der Waals surface area contributed by atoms with Crippen LogP contribution in [0.5, 0.6) is 5.75 Å². The fourth-order valence-corrected chi connectivity index (χ4v) is 1.87. The van der Waals surface area contributed by atoms with Crippen molar-refractivity contribution in [1.82, 2.24) is 5.32 Å². The summed E-state index contributed by atoms with van der Waals surface area (Å²) in [6.07, 6.45) is 1.03. The van der Waals surface area contributed by atoms with Crippen molar-refractivity contribution in [3.05, 3.63) is 29.3 Å². The molecule has 0 bridgehead atoms. The van der Waals surface area contributed by atoms with Crippen molar-refractivity contribution in [2.45, 2.75) is 12.3 Å². The average Bonchev–Trinajstić information content (AvgIpc) is 2.71. The Hall–Kier alpha value is -1.53. The third-order valence-corrected chi connectivity index (χ3v) is 2.66. The summed E-state index contributed by atoms with van der Waals surface area (Å²) < 4.78 is 0. The zero-order valence-corrected chi connectivity index (χ0v) is 7.83. The fourth-order valence-electron chi connectivity index (χ4n) is 1.87. The predicted molar refractivity (Wildman–Crippen MR) is 53.0 cm³/mol. The van der Waals surface area contributed by atoms with Gasteiger partial charge in [0.2, 0.25) is 0 Å². The number of benzene rings is 1. The van der Waals surface area contributed by atoms with E-state index >= 15 is 0 Å². The lowest BCUT2D eigenvalue weighted by Gasteiger charge is -2.10. The highest BCUT2D eigenvalue weighted by molar-refractivity contribution is 5.43. The molecule has 0 aromatic heterocycles. The molecule has 72 valence electrons. The molecule has 3 nitrogen and oxygen atoms in total. The second-order valence-corrected chi connectivity index (χ2v) is 3.58. The van der Waals surface area contributed by atoms with Crippen LogP contribution in [0.25, 0.3) is 0 Å². The first kappa shape index (κ1) is 9.04. The van der Waals surface area contributed by atoms with E-state index < -0.39 is 0 Å². The van der Waals surface area contributed by atoms with Crippen molar-refractivity contribution < 1.29 is 5.11 Å². The molecule has 0 amide bonds. The number of nitriles is 1. The van der Waals surface area contributed by atoms with Gasteiger partial charge in [0.25, 0.3) is 0 Å². The number of hydrogen-bond acceptors (Lipinski definition) is 3. The smallest absolute Gasteiger partial charge is 0.119 e. The first-order chi connectivity index (χ1) is 6.81. The maximum atomic E-state index is 9.65. The Bertz CT molecular complexity index is 375. The fraction of sp³-hybridized carbons (Fsp3) is 0.364. The molecule has 1 aromatic rings. The van der Waals surface area contributed by atoms with Crippen LogP contribution in [-0.2, 0) is 0 Å². The Morgan fingerprint density at radius 1 is 1.50 bits per heavy atom. The number of phenolic OH excluding ortho intramolecular Hbond substituents is 1. The highest BCUT2D eigenvalue weighted by Gasteiger charge is 2.19. The minimum absolute atomic E-state index is 0.303. The van der Waals surface area contributed by atoms with Gasteiger partial charge in [-0.15, -0.1) is 0 Å². The van der Waals surface area contributed by atoms with Gasteiger partial charge in [-0.25, -0.2) is 0 Å². The Kier molecular flexibility index (Phi) is 2.38. The van der Waals surface area contributed by atoms with Crippen LogP contribution in [0, 0.1) is 11.3 Å². The molecular formula is C11H12N2O. The molecule has 0 spiro atoms. The van der Waals surface area contributed by atoms with Crippen LogP contribution in [0.3, 0.4) is 0 Å². The summed E-state index contributed by atoms with van der Waals surface area (Å²) in [6, 6.07) is 7.11. The van der Waals surface area contributed by atoms with Gasteiger partial charge in [0.05, 0.1) is 11.6 Å². The number of nitrogens with zero attached hydrogens (tertiary/aromatic N) is 1. The van der Waals surface area contributed by atoms with Gasteiger partial charge in [0.1, 0.15) is 5.75 Å². The minimum atomic E-state index is 0.303. The molecule has 1 aliphatic rings. The molecule has 0 unspecified atom stereocenters. The number of hydrogen-bond donors (Lipinski definition) is 2. The summed E-state index contributed by atoms with van der Waals surface area (Å²) in [5, 5.41) is 21.6. The molecule has 1 heterocycles. The van der Waals surface area contributed by atoms with E-state index in [1.807, 2.05) is 0 Å². The Morgan fingerprint density at radius 2 is 2.36 bits per heavy atom. The standard InChI is InChI=1S/C11H12N2O/c12-6-8-1-2-11(14)10(5-8)9-3-4-13-7-9/h1-2,5,9,13-14H,3-4,7H2/t9-/m0/s1. The molecule has 2 rings (SSSR count). The van der Waals surface area contributed by atoms with E-state index in [1.165, 1.54) is 0 Å². The monoisotopic (exact) mass is 188 g/mol. The van der Waals surface area contributed by atoms with Crippen molar-refractivity contribution >= 4 is 0 Å². The lowest BCUT2D eigenvalue weighted by molar-refractivity contribution is 0.462. The third-order valence-electron chi connectivity index (χ3n) is 2.66. The number of aromatic hydroxyl groups is 1. The van der Waals surface area contributed by atoms with E-state index in [0.717, 1.165) is 25.1 Å². The van der Waals surface area contributed by atoms with Crippen LogP contribution in [-0.4, -0.2) is 18.2 Å². The zero-order valence-electron chi connectivity index (χ0n) is 7.83. The van der Waals surface area contributed by atoms with Crippen LogP contribution in [0.4, 0.5) is 0 Å². The molecule has 1 fully saturated rings. The largest absolute Gasteiger partial charge is 0.508 e. The summed E-state index contributed by atoms with van der Waals surface area (Å²) in [6.45, 7) is 1.88. The highest BCUT2D eigenvalue weighted by atomic mass is 16.3. The Morgan fingerprint density at radius 3 is 3.00 bits per heavy atom. The summed E-state index contributed by atoms with van der Waals surface area (Å²) >= 11 is 0. The molecule has 1 saturated heterocycles. The van der Waals surface area contributed by atoms with Gasteiger partial charge in [0, 0.05) is 12.5 Å². The van der Waals surface area contributed by atoms with E-state index in [0.29, 0.717) is 17.2 Å². The molecule has 2 N–H and O–H groups in total. The summed E-state index contributed by atoms with van der Waals surface area (Å²) in [4.78, 5) is 0. The van der Waals surface area contributed by atoms with Gasteiger partial charge in [-0.3, -0.25) is 0 Å². The lowest BCUT2D eigenvalue weighted by atomic mass is 9.96. The topological polar surface area (TPSA) is 56.0 Å². The Balaban J connectivity index is 2.35. The second-order valence-electron chi connectivity index (χ2n) is 3.58. The van der Waals surface area contributed by atoms with E-state index in [2.05, 4.69) is 11.4 Å². The minimum Gasteiger partial charge on any atom is -0.508 e. The van der Waals surface area contributed by atoms with Crippen molar-refractivity contribution in [1.29, 1.82) is 5.26 Å². The van der Waals surface area contributed by atoms with E-state index in [9.17, 15) is 5.11 Å². The normalized spacial score (nSPS) is 20.6. The molecule has 1 aliphatic heterocycles. The van der Waals surface area contributed by atoms with Crippen molar-refractivity contribution in [3.63, 3.8) is 0 Å². The van der Waals surface area contributed by atoms with Gasteiger partial charge < -0.3 is 10.4 Å².